The molecule has 0 aliphatic carbocycles. The average molecular weight is 189 g/mol. The third kappa shape index (κ3) is 1.84. The van der Waals surface area contributed by atoms with Crippen LogP contribution in [0.3, 0.4) is 0 Å². The molecule has 0 spiro atoms. The van der Waals surface area contributed by atoms with E-state index in [-0.39, 0.29) is 6.67 Å². The Morgan fingerprint density at radius 1 is 1.00 bits per heavy atom. The quantitative estimate of drug-likeness (QED) is 0.781. The van der Waals surface area contributed by atoms with Crippen molar-refractivity contribution in [3.05, 3.63) is 42.5 Å². The summed E-state index contributed by atoms with van der Waals surface area (Å²) in [5.74, 6) is 0. The van der Waals surface area contributed by atoms with E-state index < -0.39 is 0 Å². The zero-order valence-electron chi connectivity index (χ0n) is 7.83. The fourth-order valence-corrected chi connectivity index (χ4v) is 1.49. The monoisotopic (exact) mass is 189 g/mol. The Hall–Kier alpha value is -1.57. The number of nitrogens with one attached hydrogen (secondary N) is 1. The summed E-state index contributed by atoms with van der Waals surface area (Å²) in [7, 11) is 0. The van der Waals surface area contributed by atoms with E-state index in [2.05, 4.69) is 17.4 Å². The van der Waals surface area contributed by atoms with Crippen molar-refractivity contribution >= 4 is 16.5 Å². The molecule has 1 nitrogen and oxygen atoms in total. The molecule has 2 aromatic carbocycles. The zero-order valence-corrected chi connectivity index (χ0v) is 7.83. The molecule has 0 atom stereocenters. The molecular weight excluding hydrogens is 177 g/mol. The fraction of sp³-hybridized carbons (Fsp3) is 0.167. The molecule has 0 aliphatic heterocycles. The van der Waals surface area contributed by atoms with Crippen LogP contribution in [0, 0.1) is 0 Å². The minimum Gasteiger partial charge on any atom is -0.382 e. The predicted octanol–water partition coefficient (Wildman–Crippen LogP) is 3.22. The molecule has 0 radical (unpaired) electrons. The minimum absolute atomic E-state index is 0.340. The summed E-state index contributed by atoms with van der Waals surface area (Å²) in [6.45, 7) is 0.0329. The lowest BCUT2D eigenvalue weighted by Crippen LogP contribution is -2.02. The smallest absolute Gasteiger partial charge is 0.107 e. The molecule has 72 valence electrons. The lowest BCUT2D eigenvalue weighted by atomic mass is 10.1. The summed E-state index contributed by atoms with van der Waals surface area (Å²) in [5, 5.41) is 5.40. The number of halogens is 1. The Bertz CT molecular complexity index is 425. The van der Waals surface area contributed by atoms with Gasteiger partial charge < -0.3 is 5.32 Å². The molecule has 2 rings (SSSR count). The Morgan fingerprint density at radius 3 is 2.57 bits per heavy atom. The van der Waals surface area contributed by atoms with Crippen LogP contribution in [0.2, 0.25) is 0 Å². The van der Waals surface area contributed by atoms with E-state index in [4.69, 9.17) is 0 Å². The van der Waals surface area contributed by atoms with Crippen LogP contribution in [0.1, 0.15) is 0 Å². The molecule has 0 unspecified atom stereocenters. The number of alkyl halides is 1. The summed E-state index contributed by atoms with van der Waals surface area (Å²) in [5.41, 5.74) is 0.973. The maximum Gasteiger partial charge on any atom is 0.107 e. The van der Waals surface area contributed by atoms with Crippen LogP contribution in [-0.4, -0.2) is 13.2 Å². The molecule has 2 heteroatoms. The second-order valence-corrected chi connectivity index (χ2v) is 3.18. The van der Waals surface area contributed by atoms with E-state index in [1.807, 2.05) is 30.3 Å². The van der Waals surface area contributed by atoms with Gasteiger partial charge >= 0.3 is 0 Å². The van der Waals surface area contributed by atoms with E-state index in [0.29, 0.717) is 6.54 Å². The molecule has 1 N–H and O–H groups in total. The van der Waals surface area contributed by atoms with Gasteiger partial charge in [0.15, 0.2) is 0 Å². The SMILES string of the molecule is FCCNc1ccc2ccccc2c1. The highest BCUT2D eigenvalue weighted by Gasteiger charge is 1.94. The average Bonchev–Trinajstić information content (AvgIpc) is 2.26. The fourth-order valence-electron chi connectivity index (χ4n) is 1.49. The van der Waals surface area contributed by atoms with Gasteiger partial charge in [-0.2, -0.15) is 0 Å². The number of benzene rings is 2. The van der Waals surface area contributed by atoms with Crippen LogP contribution >= 0.6 is 0 Å². The highest BCUT2D eigenvalue weighted by Crippen LogP contribution is 2.18. The highest BCUT2D eigenvalue weighted by atomic mass is 19.1. The molecule has 0 saturated heterocycles. The van der Waals surface area contributed by atoms with Gasteiger partial charge in [-0.1, -0.05) is 30.3 Å². The Morgan fingerprint density at radius 2 is 1.79 bits per heavy atom. The zero-order chi connectivity index (χ0) is 9.80. The molecule has 0 heterocycles. The van der Waals surface area contributed by atoms with Crippen molar-refractivity contribution in [1.29, 1.82) is 0 Å². The first-order valence-corrected chi connectivity index (χ1v) is 4.69. The van der Waals surface area contributed by atoms with Gasteiger partial charge in [0.05, 0.1) is 0 Å². The first-order valence-electron chi connectivity index (χ1n) is 4.69. The summed E-state index contributed by atoms with van der Waals surface area (Å²) in [6.07, 6.45) is 0. The number of hydrogen-bond donors (Lipinski definition) is 1. The van der Waals surface area contributed by atoms with E-state index in [1.54, 1.807) is 0 Å². The molecule has 0 aliphatic rings. The second kappa shape index (κ2) is 4.09. The molecule has 0 fully saturated rings. The maximum atomic E-state index is 11.9. The van der Waals surface area contributed by atoms with Crippen molar-refractivity contribution in [2.24, 2.45) is 0 Å². The van der Waals surface area contributed by atoms with E-state index >= 15 is 0 Å². The van der Waals surface area contributed by atoms with Crippen molar-refractivity contribution < 1.29 is 4.39 Å². The van der Waals surface area contributed by atoms with Gasteiger partial charge in [-0.3, -0.25) is 0 Å². The number of anilines is 1. The third-order valence-corrected chi connectivity index (χ3v) is 2.17. The lowest BCUT2D eigenvalue weighted by Gasteiger charge is -2.04. The van der Waals surface area contributed by atoms with E-state index in [9.17, 15) is 4.39 Å². The van der Waals surface area contributed by atoms with Crippen LogP contribution in [0.4, 0.5) is 10.1 Å². The number of hydrogen-bond acceptors (Lipinski definition) is 1. The maximum absolute atomic E-state index is 11.9. The van der Waals surface area contributed by atoms with Crippen LogP contribution in [0.15, 0.2) is 42.5 Å². The van der Waals surface area contributed by atoms with Gasteiger partial charge in [0.1, 0.15) is 6.67 Å². The summed E-state index contributed by atoms with van der Waals surface area (Å²) in [6, 6.07) is 14.2. The van der Waals surface area contributed by atoms with Crippen LogP contribution < -0.4 is 5.32 Å². The molecule has 14 heavy (non-hydrogen) atoms. The van der Waals surface area contributed by atoms with Gasteiger partial charge in [0.2, 0.25) is 0 Å². The largest absolute Gasteiger partial charge is 0.382 e. The van der Waals surface area contributed by atoms with Crippen LogP contribution in [-0.2, 0) is 0 Å². The molecule has 0 aromatic heterocycles. The summed E-state index contributed by atoms with van der Waals surface area (Å²) >= 11 is 0. The Kier molecular flexibility index (Phi) is 2.63. The molecule has 2 aromatic rings. The van der Waals surface area contributed by atoms with Crippen LogP contribution in [0.25, 0.3) is 10.8 Å². The normalized spacial score (nSPS) is 10.4. The van der Waals surface area contributed by atoms with Gasteiger partial charge in [0.25, 0.3) is 0 Å². The third-order valence-electron chi connectivity index (χ3n) is 2.17. The predicted molar refractivity (Wildman–Crippen MR) is 58.4 cm³/mol. The first-order chi connectivity index (χ1) is 6.90. The van der Waals surface area contributed by atoms with Crippen molar-refractivity contribution in [3.8, 4) is 0 Å². The van der Waals surface area contributed by atoms with Gasteiger partial charge in [-0.15, -0.1) is 0 Å². The number of rotatable bonds is 3. The van der Waals surface area contributed by atoms with Crippen molar-refractivity contribution in [1.82, 2.24) is 0 Å². The molecule has 0 amide bonds. The minimum atomic E-state index is -0.340. The topological polar surface area (TPSA) is 12.0 Å². The molecule has 0 bridgehead atoms. The van der Waals surface area contributed by atoms with E-state index in [1.165, 1.54) is 10.8 Å². The van der Waals surface area contributed by atoms with Gasteiger partial charge in [0, 0.05) is 12.2 Å². The van der Waals surface area contributed by atoms with Gasteiger partial charge in [-0.25, -0.2) is 4.39 Å². The van der Waals surface area contributed by atoms with Crippen molar-refractivity contribution in [2.45, 2.75) is 0 Å². The second-order valence-electron chi connectivity index (χ2n) is 3.18. The number of fused-ring (bicyclic) bond motifs is 1. The highest BCUT2D eigenvalue weighted by molar-refractivity contribution is 5.85. The first kappa shape index (κ1) is 9.00. The Balaban J connectivity index is 2.32. The van der Waals surface area contributed by atoms with Crippen molar-refractivity contribution in [3.63, 3.8) is 0 Å². The van der Waals surface area contributed by atoms with Gasteiger partial charge in [-0.05, 0) is 22.9 Å². The van der Waals surface area contributed by atoms with E-state index in [0.717, 1.165) is 5.69 Å². The standard InChI is InChI=1S/C12H12FN/c13-7-8-14-12-6-5-10-3-1-2-4-11(10)9-12/h1-6,9,14H,7-8H2. The molecule has 0 saturated carbocycles. The van der Waals surface area contributed by atoms with Crippen LogP contribution in [0.5, 0.6) is 0 Å². The lowest BCUT2D eigenvalue weighted by molar-refractivity contribution is 0.513. The summed E-state index contributed by atoms with van der Waals surface area (Å²) in [4.78, 5) is 0. The summed E-state index contributed by atoms with van der Waals surface area (Å²) < 4.78 is 11.9. The molecular formula is C12H12FN. The Labute approximate surface area is 82.6 Å². The van der Waals surface area contributed by atoms with Crippen molar-refractivity contribution in [2.75, 3.05) is 18.5 Å².